The van der Waals surface area contributed by atoms with Gasteiger partial charge in [0, 0.05) is 36.7 Å². The first kappa shape index (κ1) is 19.6. The number of hydrogen-bond donors (Lipinski definition) is 3. The fraction of sp³-hybridized carbons (Fsp3) is 0.211. The number of aliphatic hydroxyl groups is 1. The Morgan fingerprint density at radius 1 is 0.964 bits per heavy atom. The van der Waals surface area contributed by atoms with E-state index in [1.165, 1.54) is 18.5 Å². The number of aromatic nitrogens is 3. The van der Waals surface area contributed by atoms with Crippen molar-refractivity contribution >= 4 is 17.3 Å². The van der Waals surface area contributed by atoms with Crippen LogP contribution in [-0.2, 0) is 6.18 Å². The third-order valence-electron chi connectivity index (χ3n) is 3.83. The van der Waals surface area contributed by atoms with Crippen LogP contribution in [-0.4, -0.2) is 33.2 Å². The van der Waals surface area contributed by atoms with Gasteiger partial charge in [0.2, 0.25) is 0 Å². The van der Waals surface area contributed by atoms with Gasteiger partial charge in [-0.1, -0.05) is 6.07 Å². The zero-order chi connectivity index (χ0) is 20.0. The maximum absolute atomic E-state index is 12.9. The number of benzene rings is 1. The van der Waals surface area contributed by atoms with Crippen molar-refractivity contribution in [1.82, 2.24) is 15.0 Å². The number of nitrogens with zero attached hydrogens (tertiary/aromatic N) is 3. The van der Waals surface area contributed by atoms with Gasteiger partial charge in [-0.3, -0.25) is 0 Å². The minimum atomic E-state index is -4.41. The van der Waals surface area contributed by atoms with Crippen LogP contribution in [0.4, 0.5) is 30.5 Å². The lowest BCUT2D eigenvalue weighted by atomic mass is 10.1. The van der Waals surface area contributed by atoms with Gasteiger partial charge in [-0.2, -0.15) is 13.2 Å². The van der Waals surface area contributed by atoms with Crippen LogP contribution in [0.15, 0.2) is 55.0 Å². The van der Waals surface area contributed by atoms with E-state index in [1.54, 1.807) is 24.4 Å². The number of pyridine rings is 1. The maximum Gasteiger partial charge on any atom is 0.416 e. The molecule has 0 unspecified atom stereocenters. The Bertz CT molecular complexity index is 933. The van der Waals surface area contributed by atoms with E-state index in [1.807, 2.05) is 0 Å². The van der Waals surface area contributed by atoms with Gasteiger partial charge < -0.3 is 15.7 Å². The molecule has 0 saturated carbocycles. The molecule has 0 spiro atoms. The zero-order valence-corrected chi connectivity index (χ0v) is 14.7. The zero-order valence-electron chi connectivity index (χ0n) is 14.7. The molecule has 0 radical (unpaired) electrons. The highest BCUT2D eigenvalue weighted by Crippen LogP contribution is 2.31. The van der Waals surface area contributed by atoms with Crippen LogP contribution in [0, 0.1) is 0 Å². The van der Waals surface area contributed by atoms with Gasteiger partial charge >= 0.3 is 6.18 Å². The van der Waals surface area contributed by atoms with Gasteiger partial charge in [-0.25, -0.2) is 15.0 Å². The second-order valence-corrected chi connectivity index (χ2v) is 5.93. The standard InChI is InChI=1S/C19H18F3N5O/c20-19(21,22)14-3-1-4-15(10-14)27-18-11-16(25-12-26-18)13-5-7-24-17(9-13)23-6-2-8-28/h1,3-5,7,9-12,28H,2,6,8H2,(H,23,24)(H,25,26,27). The predicted molar refractivity (Wildman–Crippen MR) is 100 cm³/mol. The van der Waals surface area contributed by atoms with Crippen molar-refractivity contribution in [3.8, 4) is 11.3 Å². The molecule has 0 atom stereocenters. The molecular weight excluding hydrogens is 371 g/mol. The van der Waals surface area contributed by atoms with Crippen molar-refractivity contribution in [2.24, 2.45) is 0 Å². The lowest BCUT2D eigenvalue weighted by Crippen LogP contribution is -2.05. The SMILES string of the molecule is OCCCNc1cc(-c2cc(Nc3cccc(C(F)(F)F)c3)ncn2)ccn1. The highest BCUT2D eigenvalue weighted by atomic mass is 19.4. The molecule has 28 heavy (non-hydrogen) atoms. The Morgan fingerprint density at radius 2 is 1.82 bits per heavy atom. The number of nitrogens with one attached hydrogen (secondary N) is 2. The molecule has 3 rings (SSSR count). The molecule has 0 amide bonds. The number of halogens is 3. The molecule has 0 bridgehead atoms. The first-order chi connectivity index (χ1) is 13.5. The number of alkyl halides is 3. The molecule has 9 heteroatoms. The summed E-state index contributed by atoms with van der Waals surface area (Å²) in [5.41, 5.74) is 0.910. The molecule has 2 heterocycles. The molecule has 0 aliphatic rings. The monoisotopic (exact) mass is 389 g/mol. The summed E-state index contributed by atoms with van der Waals surface area (Å²) in [6, 6.07) is 10.1. The molecule has 0 aliphatic carbocycles. The molecule has 0 fully saturated rings. The Hall–Kier alpha value is -3.20. The Kier molecular flexibility index (Phi) is 6.05. The van der Waals surface area contributed by atoms with Crippen molar-refractivity contribution in [2.45, 2.75) is 12.6 Å². The fourth-order valence-electron chi connectivity index (χ4n) is 2.49. The molecule has 3 aromatic rings. The Morgan fingerprint density at radius 3 is 2.61 bits per heavy atom. The summed E-state index contributed by atoms with van der Waals surface area (Å²) < 4.78 is 38.6. The molecule has 0 aliphatic heterocycles. The quantitative estimate of drug-likeness (QED) is 0.528. The number of rotatable bonds is 7. The van der Waals surface area contributed by atoms with Crippen molar-refractivity contribution < 1.29 is 18.3 Å². The van der Waals surface area contributed by atoms with E-state index in [-0.39, 0.29) is 12.3 Å². The summed E-state index contributed by atoms with van der Waals surface area (Å²) in [5.74, 6) is 1.01. The molecule has 0 saturated heterocycles. The van der Waals surface area contributed by atoms with Crippen LogP contribution in [0.3, 0.4) is 0 Å². The molecular formula is C19H18F3N5O. The first-order valence-electron chi connectivity index (χ1n) is 8.53. The summed E-state index contributed by atoms with van der Waals surface area (Å²) in [4.78, 5) is 12.5. The Balaban J connectivity index is 1.79. The van der Waals surface area contributed by atoms with E-state index < -0.39 is 11.7 Å². The normalized spacial score (nSPS) is 11.3. The fourth-order valence-corrected chi connectivity index (χ4v) is 2.49. The average Bonchev–Trinajstić information content (AvgIpc) is 2.68. The van der Waals surface area contributed by atoms with Crippen LogP contribution < -0.4 is 10.6 Å². The van der Waals surface area contributed by atoms with Crippen LogP contribution in [0.1, 0.15) is 12.0 Å². The lowest BCUT2D eigenvalue weighted by Gasteiger charge is -2.11. The largest absolute Gasteiger partial charge is 0.416 e. The van der Waals surface area contributed by atoms with Gasteiger partial charge in [-0.05, 0) is 36.8 Å². The van der Waals surface area contributed by atoms with Crippen LogP contribution in [0.5, 0.6) is 0 Å². The molecule has 1 aromatic carbocycles. The predicted octanol–water partition coefficient (Wildman–Crippen LogP) is 4.10. The van der Waals surface area contributed by atoms with Gasteiger partial charge in [0.15, 0.2) is 0 Å². The summed E-state index contributed by atoms with van der Waals surface area (Å²) in [6.07, 6.45) is -0.849. The van der Waals surface area contributed by atoms with Crippen molar-refractivity contribution in [1.29, 1.82) is 0 Å². The summed E-state index contributed by atoms with van der Waals surface area (Å²) in [5, 5.41) is 14.8. The third-order valence-corrected chi connectivity index (χ3v) is 3.83. The highest BCUT2D eigenvalue weighted by Gasteiger charge is 2.30. The number of anilines is 3. The van der Waals surface area contributed by atoms with E-state index in [0.717, 1.165) is 17.7 Å². The smallest absolute Gasteiger partial charge is 0.396 e. The minimum absolute atomic E-state index is 0.0865. The van der Waals surface area contributed by atoms with Crippen molar-refractivity contribution in [3.05, 3.63) is 60.6 Å². The molecule has 6 nitrogen and oxygen atoms in total. The van der Waals surface area contributed by atoms with E-state index in [2.05, 4.69) is 25.6 Å². The molecule has 146 valence electrons. The highest BCUT2D eigenvalue weighted by molar-refractivity contribution is 5.67. The van der Waals surface area contributed by atoms with Gasteiger partial charge in [0.25, 0.3) is 0 Å². The summed E-state index contributed by atoms with van der Waals surface area (Å²) in [7, 11) is 0. The minimum Gasteiger partial charge on any atom is -0.396 e. The van der Waals surface area contributed by atoms with E-state index in [9.17, 15) is 13.2 Å². The van der Waals surface area contributed by atoms with E-state index in [4.69, 9.17) is 5.11 Å². The molecule has 2 aromatic heterocycles. The second-order valence-electron chi connectivity index (χ2n) is 5.93. The third kappa shape index (κ3) is 5.17. The van der Waals surface area contributed by atoms with Crippen molar-refractivity contribution in [3.63, 3.8) is 0 Å². The second kappa shape index (κ2) is 8.66. The van der Waals surface area contributed by atoms with Gasteiger partial charge in [-0.15, -0.1) is 0 Å². The number of aliphatic hydroxyl groups excluding tert-OH is 1. The topological polar surface area (TPSA) is 83.0 Å². The summed E-state index contributed by atoms with van der Waals surface area (Å²) in [6.45, 7) is 0.669. The summed E-state index contributed by atoms with van der Waals surface area (Å²) >= 11 is 0. The van der Waals surface area contributed by atoms with Gasteiger partial charge in [0.1, 0.15) is 18.0 Å². The Labute approximate surface area is 159 Å². The lowest BCUT2D eigenvalue weighted by molar-refractivity contribution is -0.137. The first-order valence-corrected chi connectivity index (χ1v) is 8.53. The van der Waals surface area contributed by atoms with Crippen LogP contribution in [0.25, 0.3) is 11.3 Å². The maximum atomic E-state index is 12.9. The molecule has 3 N–H and O–H groups in total. The van der Waals surface area contributed by atoms with Crippen molar-refractivity contribution in [2.75, 3.05) is 23.8 Å². The average molecular weight is 389 g/mol. The van der Waals surface area contributed by atoms with Crippen LogP contribution >= 0.6 is 0 Å². The number of hydrogen-bond acceptors (Lipinski definition) is 6. The van der Waals surface area contributed by atoms with Gasteiger partial charge in [0.05, 0.1) is 11.3 Å². The van der Waals surface area contributed by atoms with Crippen LogP contribution in [0.2, 0.25) is 0 Å². The van der Waals surface area contributed by atoms with E-state index >= 15 is 0 Å². The van der Waals surface area contributed by atoms with E-state index in [0.29, 0.717) is 30.3 Å².